The van der Waals surface area contributed by atoms with Crippen LogP contribution in [-0.4, -0.2) is 35.5 Å². The van der Waals surface area contributed by atoms with Gasteiger partial charge in [0.15, 0.2) is 16.3 Å². The number of carbonyl (C=O) groups is 1. The molecule has 2 heterocycles. The predicted molar refractivity (Wildman–Crippen MR) is 142 cm³/mol. The molecule has 0 fully saturated rings. The van der Waals surface area contributed by atoms with E-state index in [2.05, 4.69) is 11.6 Å². The topological polar surface area (TPSA) is 99.4 Å². The van der Waals surface area contributed by atoms with Gasteiger partial charge in [0.25, 0.3) is 5.56 Å². The summed E-state index contributed by atoms with van der Waals surface area (Å²) in [7, 11) is 0. The van der Waals surface area contributed by atoms with Crippen molar-refractivity contribution < 1.29 is 24.1 Å². The number of fused-ring (bicyclic) bond motifs is 1. The Bertz CT molecular complexity index is 1550. The van der Waals surface area contributed by atoms with Crippen LogP contribution >= 0.6 is 11.3 Å². The number of phenolic OH excluding ortho intramolecular Hbond substituents is 1. The van der Waals surface area contributed by atoms with Crippen LogP contribution in [0.4, 0.5) is 0 Å². The van der Waals surface area contributed by atoms with E-state index in [0.29, 0.717) is 50.9 Å². The van der Waals surface area contributed by atoms with Crippen LogP contribution in [0, 0.1) is 0 Å². The van der Waals surface area contributed by atoms with E-state index in [-0.39, 0.29) is 23.5 Å². The molecular formula is C28H28N2O6S. The molecule has 1 aliphatic heterocycles. The fourth-order valence-corrected chi connectivity index (χ4v) is 5.13. The van der Waals surface area contributed by atoms with E-state index in [9.17, 15) is 14.7 Å². The van der Waals surface area contributed by atoms with E-state index in [1.165, 1.54) is 15.9 Å². The van der Waals surface area contributed by atoms with E-state index in [0.717, 1.165) is 0 Å². The van der Waals surface area contributed by atoms with Gasteiger partial charge in [0.1, 0.15) is 12.4 Å². The SMILES string of the molecule is C=CCOc1ccc([C@H]2C(C(=O)OCC)=C(C)N=c3s/c(=C/c4ccccc4O)c(=O)n32)cc1OCC. The minimum atomic E-state index is -0.797. The number of hydrogen-bond acceptors (Lipinski definition) is 8. The molecule has 1 aromatic heterocycles. The van der Waals surface area contributed by atoms with Crippen LogP contribution in [0.2, 0.25) is 0 Å². The van der Waals surface area contributed by atoms with Gasteiger partial charge in [0, 0.05) is 5.56 Å². The normalized spacial score (nSPS) is 15.1. The number of para-hydroxylation sites is 1. The molecule has 0 saturated carbocycles. The van der Waals surface area contributed by atoms with Crippen LogP contribution in [0.15, 0.2) is 76.2 Å². The van der Waals surface area contributed by atoms with E-state index in [1.54, 1.807) is 68.5 Å². The fourth-order valence-electron chi connectivity index (χ4n) is 4.09. The van der Waals surface area contributed by atoms with Gasteiger partial charge in [-0.3, -0.25) is 9.36 Å². The van der Waals surface area contributed by atoms with Gasteiger partial charge < -0.3 is 19.3 Å². The Morgan fingerprint density at radius 2 is 1.95 bits per heavy atom. The van der Waals surface area contributed by atoms with Gasteiger partial charge >= 0.3 is 5.97 Å². The maximum absolute atomic E-state index is 13.7. The lowest BCUT2D eigenvalue weighted by Crippen LogP contribution is -2.40. The number of carbonyl (C=O) groups excluding carboxylic acids is 1. The highest BCUT2D eigenvalue weighted by molar-refractivity contribution is 7.07. The fraction of sp³-hybridized carbons (Fsp3) is 0.250. The molecule has 192 valence electrons. The molecule has 0 spiro atoms. The van der Waals surface area contributed by atoms with Gasteiger partial charge in [0.2, 0.25) is 0 Å². The van der Waals surface area contributed by atoms with Crippen molar-refractivity contribution in [1.29, 1.82) is 0 Å². The molecule has 4 rings (SSSR count). The molecule has 1 atom stereocenters. The summed E-state index contributed by atoms with van der Waals surface area (Å²) in [5.41, 5.74) is 1.54. The van der Waals surface area contributed by atoms with Crippen LogP contribution in [0.3, 0.4) is 0 Å². The van der Waals surface area contributed by atoms with Crippen molar-refractivity contribution in [1.82, 2.24) is 4.57 Å². The third kappa shape index (κ3) is 5.22. The second-order valence-electron chi connectivity index (χ2n) is 8.10. The van der Waals surface area contributed by atoms with Crippen LogP contribution in [0.5, 0.6) is 17.2 Å². The maximum Gasteiger partial charge on any atom is 0.338 e. The lowest BCUT2D eigenvalue weighted by molar-refractivity contribution is -0.139. The zero-order chi connectivity index (χ0) is 26.5. The number of hydrogen-bond donors (Lipinski definition) is 1. The molecule has 0 amide bonds. The van der Waals surface area contributed by atoms with Crippen molar-refractivity contribution >= 4 is 23.4 Å². The van der Waals surface area contributed by atoms with Crippen molar-refractivity contribution in [2.24, 2.45) is 4.99 Å². The Balaban J connectivity index is 1.95. The molecular weight excluding hydrogens is 492 g/mol. The summed E-state index contributed by atoms with van der Waals surface area (Å²) in [6.07, 6.45) is 3.26. The summed E-state index contributed by atoms with van der Waals surface area (Å²) in [5.74, 6) is 0.519. The highest BCUT2D eigenvalue weighted by Gasteiger charge is 2.34. The largest absolute Gasteiger partial charge is 0.507 e. The molecule has 0 saturated heterocycles. The number of phenols is 1. The van der Waals surface area contributed by atoms with Gasteiger partial charge in [-0.2, -0.15) is 0 Å². The molecule has 2 aromatic carbocycles. The number of thiazole rings is 1. The number of rotatable bonds is 9. The first kappa shape index (κ1) is 26.0. The predicted octanol–water partition coefficient (Wildman–Crippen LogP) is 3.47. The van der Waals surface area contributed by atoms with Gasteiger partial charge in [-0.25, -0.2) is 9.79 Å². The molecule has 0 bridgehead atoms. The molecule has 37 heavy (non-hydrogen) atoms. The average Bonchev–Trinajstić information content (AvgIpc) is 3.18. The van der Waals surface area contributed by atoms with Gasteiger partial charge in [-0.1, -0.05) is 48.3 Å². The van der Waals surface area contributed by atoms with E-state index < -0.39 is 12.0 Å². The lowest BCUT2D eigenvalue weighted by atomic mass is 9.95. The van der Waals surface area contributed by atoms with E-state index in [1.807, 2.05) is 6.92 Å². The summed E-state index contributed by atoms with van der Waals surface area (Å²) >= 11 is 1.19. The van der Waals surface area contributed by atoms with Crippen molar-refractivity contribution in [2.75, 3.05) is 19.8 Å². The molecule has 0 unspecified atom stereocenters. The average molecular weight is 521 g/mol. The summed E-state index contributed by atoms with van der Waals surface area (Å²) in [5, 5.41) is 10.2. The van der Waals surface area contributed by atoms with E-state index >= 15 is 0 Å². The first-order chi connectivity index (χ1) is 17.9. The number of esters is 1. The van der Waals surface area contributed by atoms with Crippen LogP contribution in [0.25, 0.3) is 6.08 Å². The molecule has 0 aliphatic carbocycles. The zero-order valence-corrected chi connectivity index (χ0v) is 21.7. The van der Waals surface area contributed by atoms with Crippen molar-refractivity contribution in [3.8, 4) is 17.2 Å². The third-order valence-corrected chi connectivity index (χ3v) is 6.66. The van der Waals surface area contributed by atoms with Crippen LogP contribution in [-0.2, 0) is 9.53 Å². The first-order valence-electron chi connectivity index (χ1n) is 11.9. The number of aromatic hydroxyl groups is 1. The second-order valence-corrected chi connectivity index (χ2v) is 9.11. The number of nitrogens with zero attached hydrogens (tertiary/aromatic N) is 2. The van der Waals surface area contributed by atoms with Crippen molar-refractivity contribution in [2.45, 2.75) is 26.8 Å². The highest BCUT2D eigenvalue weighted by Crippen LogP contribution is 2.36. The number of benzene rings is 2. The molecule has 8 nitrogen and oxygen atoms in total. The quantitative estimate of drug-likeness (QED) is 0.343. The zero-order valence-electron chi connectivity index (χ0n) is 20.9. The Labute approximate surface area is 218 Å². The summed E-state index contributed by atoms with van der Waals surface area (Å²) in [6, 6.07) is 11.3. The van der Waals surface area contributed by atoms with Crippen molar-refractivity contribution in [3.63, 3.8) is 0 Å². The Kier molecular flexibility index (Phi) is 7.93. The van der Waals surface area contributed by atoms with Gasteiger partial charge in [-0.15, -0.1) is 0 Å². The monoisotopic (exact) mass is 520 g/mol. The first-order valence-corrected chi connectivity index (χ1v) is 12.7. The molecule has 1 N–H and O–H groups in total. The molecule has 9 heteroatoms. The Hall–Kier alpha value is -4.11. The van der Waals surface area contributed by atoms with Gasteiger partial charge in [0.05, 0.1) is 35.1 Å². The van der Waals surface area contributed by atoms with Crippen molar-refractivity contribution in [3.05, 3.63) is 97.2 Å². The smallest absolute Gasteiger partial charge is 0.338 e. The molecule has 1 aliphatic rings. The standard InChI is InChI=1S/C28H28N2O6S/c1-5-14-36-21-13-12-19(15-22(21)34-6-2)25-24(27(33)35-7-3)17(4)29-28-30(25)26(32)23(37-28)16-18-10-8-9-11-20(18)31/h5,8-13,15-16,25,31H,1,6-7,14H2,2-4H3/b23-16+/t25-/m0/s1. The second kappa shape index (κ2) is 11.3. The minimum Gasteiger partial charge on any atom is -0.507 e. The third-order valence-electron chi connectivity index (χ3n) is 5.68. The van der Waals surface area contributed by atoms with Gasteiger partial charge in [-0.05, 0) is 50.6 Å². The van der Waals surface area contributed by atoms with E-state index in [4.69, 9.17) is 14.2 Å². The minimum absolute atomic E-state index is 0.0600. The number of ether oxygens (including phenoxy) is 3. The Morgan fingerprint density at radius 3 is 2.65 bits per heavy atom. The summed E-state index contributed by atoms with van der Waals surface area (Å²) in [4.78, 5) is 31.9. The summed E-state index contributed by atoms with van der Waals surface area (Å²) < 4.78 is 18.8. The summed E-state index contributed by atoms with van der Waals surface area (Å²) in [6.45, 7) is 9.87. The Morgan fingerprint density at radius 1 is 1.16 bits per heavy atom. The molecule has 0 radical (unpaired) electrons. The number of aromatic nitrogens is 1. The number of allylic oxidation sites excluding steroid dienone is 1. The van der Waals surface area contributed by atoms with Crippen LogP contribution in [0.1, 0.15) is 37.9 Å². The van der Waals surface area contributed by atoms with Crippen LogP contribution < -0.4 is 24.4 Å². The molecule has 3 aromatic rings. The maximum atomic E-state index is 13.7. The lowest BCUT2D eigenvalue weighted by Gasteiger charge is -2.25. The highest BCUT2D eigenvalue weighted by atomic mass is 32.1.